The summed E-state index contributed by atoms with van der Waals surface area (Å²) in [5, 5.41) is 6.51. The Balaban J connectivity index is 1.92. The molecule has 0 spiro atoms. The molecule has 0 amide bonds. The second kappa shape index (κ2) is 4.07. The lowest BCUT2D eigenvalue weighted by Gasteiger charge is -2.09. The molecule has 1 saturated carbocycles. The third-order valence-corrected chi connectivity index (χ3v) is 3.27. The van der Waals surface area contributed by atoms with Crippen LogP contribution < -0.4 is 11.1 Å². The van der Waals surface area contributed by atoms with Gasteiger partial charge in [-0.3, -0.25) is 0 Å². The highest BCUT2D eigenvalue weighted by Gasteiger charge is 2.15. The fraction of sp³-hybridized carbons (Fsp3) is 0.667. The Bertz CT molecular complexity index is 266. The van der Waals surface area contributed by atoms with Crippen molar-refractivity contribution >= 4 is 16.5 Å². The molecule has 3 nitrogen and oxygen atoms in total. The van der Waals surface area contributed by atoms with E-state index in [2.05, 4.69) is 10.3 Å². The summed E-state index contributed by atoms with van der Waals surface area (Å²) in [5.74, 6) is 0. The van der Waals surface area contributed by atoms with Crippen LogP contribution in [0.2, 0.25) is 0 Å². The SMILES string of the molecule is NCc1csc(NC2CCCC2)n1. The van der Waals surface area contributed by atoms with Crippen LogP contribution in [0, 0.1) is 0 Å². The quantitative estimate of drug-likeness (QED) is 0.778. The van der Waals surface area contributed by atoms with Gasteiger partial charge in [-0.2, -0.15) is 0 Å². The first kappa shape index (κ1) is 8.97. The Morgan fingerprint density at radius 3 is 2.92 bits per heavy atom. The topological polar surface area (TPSA) is 50.9 Å². The number of thiazole rings is 1. The smallest absolute Gasteiger partial charge is 0.183 e. The average Bonchev–Trinajstić information content (AvgIpc) is 2.76. The lowest BCUT2D eigenvalue weighted by molar-refractivity contribution is 0.753. The number of hydrogen-bond acceptors (Lipinski definition) is 4. The van der Waals surface area contributed by atoms with Crippen LogP contribution in [0.4, 0.5) is 5.13 Å². The zero-order chi connectivity index (χ0) is 9.10. The summed E-state index contributed by atoms with van der Waals surface area (Å²) in [6, 6.07) is 0.650. The molecule has 0 aliphatic heterocycles. The zero-order valence-corrected chi connectivity index (χ0v) is 8.44. The first-order valence-electron chi connectivity index (χ1n) is 4.79. The molecule has 72 valence electrons. The van der Waals surface area contributed by atoms with Gasteiger partial charge in [-0.25, -0.2) is 4.98 Å². The van der Waals surface area contributed by atoms with Gasteiger partial charge in [-0.1, -0.05) is 12.8 Å². The van der Waals surface area contributed by atoms with E-state index in [1.165, 1.54) is 25.7 Å². The van der Waals surface area contributed by atoms with Crippen molar-refractivity contribution in [2.24, 2.45) is 5.73 Å². The summed E-state index contributed by atoms with van der Waals surface area (Å²) < 4.78 is 0. The van der Waals surface area contributed by atoms with Crippen LogP contribution in [0.3, 0.4) is 0 Å². The maximum atomic E-state index is 5.49. The van der Waals surface area contributed by atoms with Gasteiger partial charge in [0, 0.05) is 18.0 Å². The number of nitrogens with zero attached hydrogens (tertiary/aromatic N) is 1. The summed E-state index contributed by atoms with van der Waals surface area (Å²) >= 11 is 1.66. The molecule has 0 aromatic carbocycles. The van der Waals surface area contributed by atoms with E-state index in [0.717, 1.165) is 10.8 Å². The molecule has 1 heterocycles. The Hall–Kier alpha value is -0.610. The van der Waals surface area contributed by atoms with Crippen LogP contribution in [-0.2, 0) is 6.54 Å². The molecule has 1 aromatic heterocycles. The molecule has 1 aliphatic rings. The van der Waals surface area contributed by atoms with Gasteiger partial charge < -0.3 is 11.1 Å². The molecule has 0 atom stereocenters. The van der Waals surface area contributed by atoms with E-state index in [4.69, 9.17) is 5.73 Å². The van der Waals surface area contributed by atoms with Crippen LogP contribution >= 0.6 is 11.3 Å². The van der Waals surface area contributed by atoms with Crippen LogP contribution in [0.25, 0.3) is 0 Å². The number of rotatable bonds is 3. The van der Waals surface area contributed by atoms with Crippen molar-refractivity contribution < 1.29 is 0 Å². The van der Waals surface area contributed by atoms with Gasteiger partial charge in [-0.05, 0) is 12.8 Å². The van der Waals surface area contributed by atoms with E-state index < -0.39 is 0 Å². The first-order valence-corrected chi connectivity index (χ1v) is 5.67. The van der Waals surface area contributed by atoms with Crippen LogP contribution in [0.15, 0.2) is 5.38 Å². The fourth-order valence-corrected chi connectivity index (χ4v) is 2.51. The summed E-state index contributed by atoms with van der Waals surface area (Å²) in [6.07, 6.45) is 5.29. The molecule has 4 heteroatoms. The normalized spacial score (nSPS) is 17.9. The highest BCUT2D eigenvalue weighted by Crippen LogP contribution is 2.24. The number of nitrogens with one attached hydrogen (secondary N) is 1. The highest BCUT2D eigenvalue weighted by atomic mass is 32.1. The number of aromatic nitrogens is 1. The van der Waals surface area contributed by atoms with Crippen molar-refractivity contribution in [3.05, 3.63) is 11.1 Å². The Kier molecular flexibility index (Phi) is 2.80. The van der Waals surface area contributed by atoms with Gasteiger partial charge in [0.2, 0.25) is 0 Å². The standard InChI is InChI=1S/C9H15N3S/c10-5-8-6-13-9(12-8)11-7-3-1-2-4-7/h6-7H,1-5,10H2,(H,11,12). The second-order valence-electron chi connectivity index (χ2n) is 3.47. The number of nitrogens with two attached hydrogens (primary N) is 1. The van der Waals surface area contributed by atoms with E-state index in [1.54, 1.807) is 11.3 Å². The molecular formula is C9H15N3S. The summed E-state index contributed by atoms with van der Waals surface area (Å²) in [5.41, 5.74) is 6.48. The second-order valence-corrected chi connectivity index (χ2v) is 4.33. The molecule has 0 radical (unpaired) electrons. The number of hydrogen-bond donors (Lipinski definition) is 2. The molecule has 3 N–H and O–H groups in total. The zero-order valence-electron chi connectivity index (χ0n) is 7.62. The average molecular weight is 197 g/mol. The minimum Gasteiger partial charge on any atom is -0.359 e. The minimum atomic E-state index is 0.544. The third kappa shape index (κ3) is 2.19. The summed E-state index contributed by atoms with van der Waals surface area (Å²) in [4.78, 5) is 4.37. The van der Waals surface area contributed by atoms with Crippen LogP contribution in [0.1, 0.15) is 31.4 Å². The summed E-state index contributed by atoms with van der Waals surface area (Å²) in [6.45, 7) is 0.544. The Morgan fingerprint density at radius 1 is 1.54 bits per heavy atom. The Labute approximate surface area is 82.4 Å². The van der Waals surface area contributed by atoms with Crippen molar-refractivity contribution in [3.8, 4) is 0 Å². The lowest BCUT2D eigenvalue weighted by atomic mass is 10.3. The predicted octanol–water partition coefficient (Wildman–Crippen LogP) is 1.96. The minimum absolute atomic E-state index is 0.544. The van der Waals surface area contributed by atoms with Gasteiger partial charge >= 0.3 is 0 Å². The molecule has 0 bridgehead atoms. The van der Waals surface area contributed by atoms with E-state index in [-0.39, 0.29) is 0 Å². The molecule has 1 aromatic rings. The molecular weight excluding hydrogens is 182 g/mol. The fourth-order valence-electron chi connectivity index (χ4n) is 1.71. The first-order chi connectivity index (χ1) is 6.38. The van der Waals surface area contributed by atoms with Gasteiger partial charge in [0.15, 0.2) is 5.13 Å². The largest absolute Gasteiger partial charge is 0.359 e. The molecule has 2 rings (SSSR count). The van der Waals surface area contributed by atoms with E-state index in [9.17, 15) is 0 Å². The third-order valence-electron chi connectivity index (χ3n) is 2.44. The van der Waals surface area contributed by atoms with Gasteiger partial charge in [0.05, 0.1) is 5.69 Å². The van der Waals surface area contributed by atoms with Crippen molar-refractivity contribution in [1.82, 2.24) is 4.98 Å². The van der Waals surface area contributed by atoms with Gasteiger partial charge in [0.1, 0.15) is 0 Å². The van der Waals surface area contributed by atoms with Gasteiger partial charge in [0.25, 0.3) is 0 Å². The van der Waals surface area contributed by atoms with Crippen molar-refractivity contribution in [3.63, 3.8) is 0 Å². The summed E-state index contributed by atoms with van der Waals surface area (Å²) in [7, 11) is 0. The maximum Gasteiger partial charge on any atom is 0.183 e. The van der Waals surface area contributed by atoms with E-state index in [0.29, 0.717) is 12.6 Å². The highest BCUT2D eigenvalue weighted by molar-refractivity contribution is 7.13. The molecule has 1 aliphatic carbocycles. The van der Waals surface area contributed by atoms with Crippen molar-refractivity contribution in [1.29, 1.82) is 0 Å². The van der Waals surface area contributed by atoms with E-state index >= 15 is 0 Å². The molecule has 0 saturated heterocycles. The lowest BCUT2D eigenvalue weighted by Crippen LogP contribution is -2.14. The molecule has 13 heavy (non-hydrogen) atoms. The predicted molar refractivity (Wildman–Crippen MR) is 55.9 cm³/mol. The number of anilines is 1. The monoisotopic (exact) mass is 197 g/mol. The maximum absolute atomic E-state index is 5.49. The molecule has 1 fully saturated rings. The van der Waals surface area contributed by atoms with Crippen molar-refractivity contribution in [2.45, 2.75) is 38.3 Å². The van der Waals surface area contributed by atoms with Crippen LogP contribution in [-0.4, -0.2) is 11.0 Å². The van der Waals surface area contributed by atoms with Crippen LogP contribution in [0.5, 0.6) is 0 Å². The van der Waals surface area contributed by atoms with Gasteiger partial charge in [-0.15, -0.1) is 11.3 Å². The Morgan fingerprint density at radius 2 is 2.31 bits per heavy atom. The van der Waals surface area contributed by atoms with E-state index in [1.807, 2.05) is 5.38 Å². The molecule has 0 unspecified atom stereocenters. The van der Waals surface area contributed by atoms with Crippen molar-refractivity contribution in [2.75, 3.05) is 5.32 Å².